The maximum absolute atomic E-state index is 2.59. The van der Waals surface area contributed by atoms with Gasteiger partial charge in [-0.05, 0) is 62.4 Å². The van der Waals surface area contributed by atoms with Gasteiger partial charge < -0.3 is 4.90 Å². The molecule has 4 unspecified atom stereocenters. The Morgan fingerprint density at radius 1 is 1.00 bits per heavy atom. The summed E-state index contributed by atoms with van der Waals surface area (Å²) in [6.07, 6.45) is 10.2. The zero-order chi connectivity index (χ0) is 14.3. The van der Waals surface area contributed by atoms with Crippen LogP contribution in [0.4, 0.5) is 0 Å². The average molecular weight is 265 g/mol. The van der Waals surface area contributed by atoms with Gasteiger partial charge in [-0.15, -0.1) is 0 Å². The largest absolute Gasteiger partial charge is 0.306 e. The molecule has 0 N–H and O–H groups in total. The molecule has 0 radical (unpaired) electrons. The van der Waals surface area contributed by atoms with Gasteiger partial charge in [-0.3, -0.25) is 0 Å². The molecule has 0 aromatic heterocycles. The van der Waals surface area contributed by atoms with Gasteiger partial charge in [0.15, 0.2) is 0 Å². The number of hydrogen-bond acceptors (Lipinski definition) is 1. The molecule has 0 heterocycles. The van der Waals surface area contributed by atoms with Crippen molar-refractivity contribution in [3.63, 3.8) is 0 Å². The maximum Gasteiger partial charge on any atom is 0.00919 e. The van der Waals surface area contributed by atoms with Crippen molar-refractivity contribution in [2.24, 2.45) is 22.7 Å². The van der Waals surface area contributed by atoms with E-state index in [2.05, 4.69) is 46.7 Å². The van der Waals surface area contributed by atoms with Gasteiger partial charge in [0, 0.05) is 6.04 Å². The second kappa shape index (κ2) is 5.39. The Hall–Kier alpha value is -0.0400. The lowest BCUT2D eigenvalue weighted by atomic mass is 9.57. The molecule has 0 spiro atoms. The van der Waals surface area contributed by atoms with Crippen LogP contribution < -0.4 is 0 Å². The molecule has 112 valence electrons. The summed E-state index contributed by atoms with van der Waals surface area (Å²) >= 11 is 0. The van der Waals surface area contributed by atoms with Gasteiger partial charge in [-0.25, -0.2) is 0 Å². The molecule has 0 amide bonds. The van der Waals surface area contributed by atoms with E-state index in [9.17, 15) is 0 Å². The Kier molecular flexibility index (Phi) is 4.35. The zero-order valence-electron chi connectivity index (χ0n) is 14.1. The summed E-state index contributed by atoms with van der Waals surface area (Å²) in [5.74, 6) is 1.95. The van der Waals surface area contributed by atoms with Crippen LogP contribution in [0, 0.1) is 22.7 Å². The number of rotatable bonds is 2. The molecule has 19 heavy (non-hydrogen) atoms. The second-order valence-corrected chi connectivity index (χ2v) is 8.71. The van der Waals surface area contributed by atoms with E-state index in [4.69, 9.17) is 0 Å². The molecule has 0 aromatic rings. The number of nitrogens with zero attached hydrogens (tertiary/aromatic N) is 1. The van der Waals surface area contributed by atoms with Crippen molar-refractivity contribution in [1.29, 1.82) is 0 Å². The minimum absolute atomic E-state index is 0.458. The lowest BCUT2D eigenvalue weighted by Gasteiger charge is -2.49. The quantitative estimate of drug-likeness (QED) is 0.682. The molecule has 1 nitrogen and oxygen atoms in total. The lowest BCUT2D eigenvalue weighted by molar-refractivity contribution is 0.00691. The number of hydrogen-bond donors (Lipinski definition) is 0. The van der Waals surface area contributed by atoms with Gasteiger partial charge in [0.2, 0.25) is 0 Å². The van der Waals surface area contributed by atoms with E-state index in [0.29, 0.717) is 10.8 Å². The molecule has 1 heteroatoms. The van der Waals surface area contributed by atoms with Crippen LogP contribution in [0.1, 0.15) is 72.6 Å². The third kappa shape index (κ3) is 2.86. The first kappa shape index (κ1) is 15.4. The minimum atomic E-state index is 0.458. The molecule has 4 atom stereocenters. The van der Waals surface area contributed by atoms with Crippen molar-refractivity contribution in [3.8, 4) is 0 Å². The lowest BCUT2D eigenvalue weighted by Crippen LogP contribution is -2.43. The van der Waals surface area contributed by atoms with E-state index in [1.165, 1.54) is 44.9 Å². The molecule has 0 aromatic carbocycles. The summed E-state index contributed by atoms with van der Waals surface area (Å²) in [7, 11) is 4.54. The van der Waals surface area contributed by atoms with Gasteiger partial charge in [-0.1, -0.05) is 47.0 Å². The van der Waals surface area contributed by atoms with Crippen LogP contribution >= 0.6 is 0 Å². The smallest absolute Gasteiger partial charge is 0.00919 e. The third-order valence-corrected chi connectivity index (χ3v) is 6.73. The predicted molar refractivity (Wildman–Crippen MR) is 84.3 cm³/mol. The van der Waals surface area contributed by atoms with Crippen molar-refractivity contribution in [3.05, 3.63) is 0 Å². The highest BCUT2D eigenvalue weighted by atomic mass is 15.1. The van der Waals surface area contributed by atoms with E-state index < -0.39 is 0 Å². The Morgan fingerprint density at radius 3 is 2.26 bits per heavy atom. The van der Waals surface area contributed by atoms with Crippen molar-refractivity contribution in [2.75, 3.05) is 14.1 Å². The summed E-state index contributed by atoms with van der Waals surface area (Å²) in [6.45, 7) is 10.00. The molecule has 2 aliphatic carbocycles. The molecule has 0 saturated heterocycles. The zero-order valence-corrected chi connectivity index (χ0v) is 14.1. The van der Waals surface area contributed by atoms with Gasteiger partial charge in [0.1, 0.15) is 0 Å². The van der Waals surface area contributed by atoms with Gasteiger partial charge in [0.05, 0.1) is 0 Å². The van der Waals surface area contributed by atoms with Crippen LogP contribution in [-0.4, -0.2) is 25.0 Å². The van der Waals surface area contributed by atoms with Crippen molar-refractivity contribution >= 4 is 0 Å². The van der Waals surface area contributed by atoms with E-state index in [1.807, 2.05) is 0 Å². The van der Waals surface area contributed by atoms with E-state index in [-0.39, 0.29) is 0 Å². The molecule has 2 rings (SSSR count). The first-order valence-electron chi connectivity index (χ1n) is 8.42. The van der Waals surface area contributed by atoms with E-state index >= 15 is 0 Å². The summed E-state index contributed by atoms with van der Waals surface area (Å²) in [4.78, 5) is 2.47. The maximum atomic E-state index is 2.59. The van der Waals surface area contributed by atoms with Crippen molar-refractivity contribution in [2.45, 2.75) is 78.7 Å². The Morgan fingerprint density at radius 2 is 1.68 bits per heavy atom. The summed E-state index contributed by atoms with van der Waals surface area (Å²) in [5.41, 5.74) is 1.02. The topological polar surface area (TPSA) is 3.24 Å². The summed E-state index contributed by atoms with van der Waals surface area (Å²) in [6, 6.07) is 0.837. The predicted octanol–water partition coefficient (Wildman–Crippen LogP) is 4.96. The molecule has 0 bridgehead atoms. The van der Waals surface area contributed by atoms with Crippen LogP contribution in [0.2, 0.25) is 0 Å². The molecular formula is C18H35N. The first-order chi connectivity index (χ1) is 8.75. The van der Waals surface area contributed by atoms with Crippen LogP contribution in [0.15, 0.2) is 0 Å². The normalized spacial score (nSPS) is 40.9. The fourth-order valence-corrected chi connectivity index (χ4v) is 4.92. The first-order valence-corrected chi connectivity index (χ1v) is 8.42. The molecular weight excluding hydrogens is 230 g/mol. The second-order valence-electron chi connectivity index (χ2n) is 8.71. The highest BCUT2D eigenvalue weighted by Gasteiger charge is 2.50. The monoisotopic (exact) mass is 265 g/mol. The fourth-order valence-electron chi connectivity index (χ4n) is 4.92. The fraction of sp³-hybridized carbons (Fsp3) is 1.00. The third-order valence-electron chi connectivity index (χ3n) is 6.73. The Bertz CT molecular complexity index is 301. The Labute approximate surface area is 121 Å². The summed E-state index contributed by atoms with van der Waals surface area (Å²) in [5, 5.41) is 0. The van der Waals surface area contributed by atoms with Crippen LogP contribution in [-0.2, 0) is 0 Å². The van der Waals surface area contributed by atoms with Gasteiger partial charge in [0.25, 0.3) is 0 Å². The highest BCUT2D eigenvalue weighted by molar-refractivity contribution is 5.00. The van der Waals surface area contributed by atoms with E-state index in [0.717, 1.165) is 17.9 Å². The SMILES string of the molecule is CN(C)C1CCCC(C2CCCC2(C)C(C)(C)C)C1. The molecule has 2 aliphatic rings. The van der Waals surface area contributed by atoms with E-state index in [1.54, 1.807) is 0 Å². The summed E-state index contributed by atoms with van der Waals surface area (Å²) < 4.78 is 0. The molecule has 2 saturated carbocycles. The Balaban J connectivity index is 2.12. The van der Waals surface area contributed by atoms with Crippen LogP contribution in [0.3, 0.4) is 0 Å². The minimum Gasteiger partial charge on any atom is -0.306 e. The standard InChI is InChI=1S/C18H35N/c1-17(2,3)18(4)12-8-11-16(18)14-9-7-10-15(13-14)19(5)6/h14-16H,7-13H2,1-6H3. The van der Waals surface area contributed by atoms with Crippen LogP contribution in [0.5, 0.6) is 0 Å². The van der Waals surface area contributed by atoms with Gasteiger partial charge in [-0.2, -0.15) is 0 Å². The van der Waals surface area contributed by atoms with Crippen molar-refractivity contribution < 1.29 is 0 Å². The van der Waals surface area contributed by atoms with Crippen molar-refractivity contribution in [1.82, 2.24) is 4.90 Å². The average Bonchev–Trinajstić information content (AvgIpc) is 2.72. The van der Waals surface area contributed by atoms with Gasteiger partial charge >= 0.3 is 0 Å². The molecule has 0 aliphatic heterocycles. The molecule has 2 fully saturated rings. The van der Waals surface area contributed by atoms with Crippen LogP contribution in [0.25, 0.3) is 0 Å². The highest BCUT2D eigenvalue weighted by Crippen LogP contribution is 2.58.